The van der Waals surface area contributed by atoms with Gasteiger partial charge in [0.1, 0.15) is 6.07 Å². The standard InChI is InChI=1S/C15H13N3OS/c1-18(2)15(20)19-14-11(10-16)6-5-7-12(14)13-8-3-4-9-17-13/h3-9H,1-2H3. The first-order valence-electron chi connectivity index (χ1n) is 5.97. The number of para-hydroxylation sites is 1. The van der Waals surface area contributed by atoms with Gasteiger partial charge in [-0.2, -0.15) is 5.26 Å². The third kappa shape index (κ3) is 2.92. The number of nitriles is 1. The zero-order valence-electron chi connectivity index (χ0n) is 11.2. The molecule has 0 saturated heterocycles. The van der Waals surface area contributed by atoms with Gasteiger partial charge >= 0.3 is 0 Å². The number of benzene rings is 1. The first-order valence-corrected chi connectivity index (χ1v) is 6.38. The van der Waals surface area contributed by atoms with Crippen LogP contribution in [0, 0.1) is 11.3 Å². The third-order valence-corrected chi connectivity index (χ3v) is 3.08. The van der Waals surface area contributed by atoms with Gasteiger partial charge in [-0.3, -0.25) is 4.98 Å². The second-order valence-electron chi connectivity index (χ2n) is 4.27. The van der Waals surface area contributed by atoms with Crippen LogP contribution >= 0.6 is 12.2 Å². The summed E-state index contributed by atoms with van der Waals surface area (Å²) in [5.41, 5.74) is 1.91. The quantitative estimate of drug-likeness (QED) is 0.793. The van der Waals surface area contributed by atoms with Crippen molar-refractivity contribution >= 4 is 17.4 Å². The molecule has 5 heteroatoms. The van der Waals surface area contributed by atoms with Crippen LogP contribution in [0.25, 0.3) is 11.3 Å². The largest absolute Gasteiger partial charge is 0.430 e. The molecule has 0 aliphatic carbocycles. The van der Waals surface area contributed by atoms with Crippen molar-refractivity contribution in [2.24, 2.45) is 0 Å². The Morgan fingerprint density at radius 3 is 2.65 bits per heavy atom. The zero-order chi connectivity index (χ0) is 14.5. The molecule has 0 spiro atoms. The van der Waals surface area contributed by atoms with Crippen molar-refractivity contribution in [2.45, 2.75) is 0 Å². The second kappa shape index (κ2) is 6.13. The molecule has 4 nitrogen and oxygen atoms in total. The van der Waals surface area contributed by atoms with Gasteiger partial charge in [0.05, 0.1) is 11.3 Å². The number of ether oxygens (including phenoxy) is 1. The molecule has 0 N–H and O–H groups in total. The van der Waals surface area contributed by atoms with Gasteiger partial charge in [-0.1, -0.05) is 12.1 Å². The van der Waals surface area contributed by atoms with Crippen LogP contribution in [-0.2, 0) is 0 Å². The maximum absolute atomic E-state index is 9.23. The van der Waals surface area contributed by atoms with Crippen LogP contribution in [0.5, 0.6) is 5.75 Å². The summed E-state index contributed by atoms with van der Waals surface area (Å²) in [6, 6.07) is 13.1. The minimum atomic E-state index is 0.296. The van der Waals surface area contributed by atoms with Gasteiger partial charge in [-0.15, -0.1) is 0 Å². The number of nitrogens with zero attached hydrogens (tertiary/aromatic N) is 3. The van der Waals surface area contributed by atoms with E-state index in [-0.39, 0.29) is 0 Å². The highest BCUT2D eigenvalue weighted by molar-refractivity contribution is 7.80. The van der Waals surface area contributed by atoms with Gasteiger partial charge in [0.2, 0.25) is 0 Å². The molecule has 0 amide bonds. The lowest BCUT2D eigenvalue weighted by atomic mass is 10.1. The van der Waals surface area contributed by atoms with Crippen molar-refractivity contribution in [1.29, 1.82) is 5.26 Å². The molecule has 0 saturated carbocycles. The fraction of sp³-hybridized carbons (Fsp3) is 0.133. The SMILES string of the molecule is CN(C)C(=S)Oc1c(C#N)cccc1-c1ccccn1. The Hall–Kier alpha value is -2.45. The van der Waals surface area contributed by atoms with Gasteiger partial charge in [0.15, 0.2) is 5.75 Å². The summed E-state index contributed by atoms with van der Waals surface area (Å²) in [7, 11) is 3.58. The van der Waals surface area contributed by atoms with E-state index in [4.69, 9.17) is 17.0 Å². The van der Waals surface area contributed by atoms with Gasteiger partial charge in [0.25, 0.3) is 5.17 Å². The van der Waals surface area contributed by atoms with E-state index in [0.717, 1.165) is 11.3 Å². The summed E-state index contributed by atoms with van der Waals surface area (Å²) in [4.78, 5) is 5.96. The van der Waals surface area contributed by atoms with E-state index in [1.54, 1.807) is 37.3 Å². The van der Waals surface area contributed by atoms with E-state index in [9.17, 15) is 5.26 Å². The predicted octanol–water partition coefficient (Wildman–Crippen LogP) is 2.85. The van der Waals surface area contributed by atoms with Crippen molar-refractivity contribution in [3.05, 3.63) is 48.2 Å². The van der Waals surface area contributed by atoms with Gasteiger partial charge in [-0.25, -0.2) is 0 Å². The highest BCUT2D eigenvalue weighted by Gasteiger charge is 2.15. The normalized spacial score (nSPS) is 9.65. The Morgan fingerprint density at radius 1 is 1.25 bits per heavy atom. The minimum absolute atomic E-state index is 0.296. The molecule has 2 rings (SSSR count). The third-order valence-electron chi connectivity index (χ3n) is 2.63. The summed E-state index contributed by atoms with van der Waals surface area (Å²) in [6.07, 6.45) is 1.70. The molecule has 100 valence electrons. The Bertz CT molecular complexity index is 663. The van der Waals surface area contributed by atoms with Crippen molar-refractivity contribution in [1.82, 2.24) is 9.88 Å². The van der Waals surface area contributed by atoms with Crippen LogP contribution in [0.4, 0.5) is 0 Å². The number of aromatic nitrogens is 1. The molecular formula is C15H13N3OS. The molecule has 0 radical (unpaired) electrons. The Balaban J connectivity index is 2.53. The first kappa shape index (κ1) is 14.0. The van der Waals surface area contributed by atoms with Crippen molar-refractivity contribution in [2.75, 3.05) is 14.1 Å². The summed E-state index contributed by atoms with van der Waals surface area (Å²) in [6.45, 7) is 0. The van der Waals surface area contributed by atoms with Crippen molar-refractivity contribution in [3.8, 4) is 23.1 Å². The smallest absolute Gasteiger partial charge is 0.264 e. The number of thiocarbonyl (C=S) groups is 1. The fourth-order valence-electron chi connectivity index (χ4n) is 1.64. The highest BCUT2D eigenvalue weighted by Crippen LogP contribution is 2.32. The van der Waals surface area contributed by atoms with E-state index >= 15 is 0 Å². The number of hydrogen-bond acceptors (Lipinski definition) is 4. The second-order valence-corrected chi connectivity index (χ2v) is 4.62. The number of pyridine rings is 1. The van der Waals surface area contributed by atoms with Gasteiger partial charge in [0, 0.05) is 25.9 Å². The molecular weight excluding hydrogens is 270 g/mol. The van der Waals surface area contributed by atoms with E-state index in [2.05, 4.69) is 11.1 Å². The van der Waals surface area contributed by atoms with Crippen LogP contribution in [0.1, 0.15) is 5.56 Å². The molecule has 1 heterocycles. The Morgan fingerprint density at radius 2 is 2.05 bits per heavy atom. The summed E-state index contributed by atoms with van der Waals surface area (Å²) >= 11 is 5.15. The van der Waals surface area contributed by atoms with E-state index < -0.39 is 0 Å². The fourth-order valence-corrected chi connectivity index (χ4v) is 1.72. The molecule has 0 aliphatic heterocycles. The maximum atomic E-state index is 9.23. The first-order chi connectivity index (χ1) is 9.63. The summed E-state index contributed by atoms with van der Waals surface area (Å²) in [5.74, 6) is 0.437. The molecule has 20 heavy (non-hydrogen) atoms. The van der Waals surface area contributed by atoms with Crippen LogP contribution < -0.4 is 4.74 Å². The Kier molecular flexibility index (Phi) is 4.28. The van der Waals surface area contributed by atoms with Crippen molar-refractivity contribution < 1.29 is 4.74 Å². The zero-order valence-corrected chi connectivity index (χ0v) is 12.0. The predicted molar refractivity (Wildman–Crippen MR) is 81.3 cm³/mol. The molecule has 2 aromatic rings. The molecule has 1 aromatic carbocycles. The van der Waals surface area contributed by atoms with Crippen LogP contribution in [0.2, 0.25) is 0 Å². The molecule has 1 aromatic heterocycles. The molecule has 0 atom stereocenters. The topological polar surface area (TPSA) is 49.1 Å². The van der Waals surface area contributed by atoms with Crippen LogP contribution in [0.15, 0.2) is 42.6 Å². The van der Waals surface area contributed by atoms with Gasteiger partial charge in [-0.05, 0) is 36.5 Å². The highest BCUT2D eigenvalue weighted by atomic mass is 32.1. The lowest BCUT2D eigenvalue weighted by molar-refractivity contribution is 0.449. The maximum Gasteiger partial charge on any atom is 0.264 e. The van der Waals surface area contributed by atoms with Crippen molar-refractivity contribution in [3.63, 3.8) is 0 Å². The van der Waals surface area contributed by atoms with Gasteiger partial charge < -0.3 is 9.64 Å². The summed E-state index contributed by atoms with van der Waals surface area (Å²) < 4.78 is 5.68. The Labute approximate surface area is 123 Å². The van der Waals surface area contributed by atoms with E-state index in [1.165, 1.54) is 0 Å². The number of rotatable bonds is 2. The minimum Gasteiger partial charge on any atom is -0.430 e. The molecule has 0 bridgehead atoms. The monoisotopic (exact) mass is 283 g/mol. The molecule has 0 fully saturated rings. The van der Waals surface area contributed by atoms with Crippen LogP contribution in [0.3, 0.4) is 0 Å². The lowest BCUT2D eigenvalue weighted by Gasteiger charge is -2.17. The van der Waals surface area contributed by atoms with E-state index in [0.29, 0.717) is 16.5 Å². The average Bonchev–Trinajstić information content (AvgIpc) is 2.48. The van der Waals surface area contributed by atoms with Crippen LogP contribution in [-0.4, -0.2) is 29.2 Å². The lowest BCUT2D eigenvalue weighted by Crippen LogP contribution is -2.25. The summed E-state index contributed by atoms with van der Waals surface area (Å²) in [5, 5.41) is 9.53. The van der Waals surface area contributed by atoms with E-state index in [1.807, 2.05) is 24.3 Å². The molecule has 0 unspecified atom stereocenters. The molecule has 0 aliphatic rings. The number of hydrogen-bond donors (Lipinski definition) is 0. The average molecular weight is 283 g/mol.